The zero-order valence-corrected chi connectivity index (χ0v) is 9.38. The van der Waals surface area contributed by atoms with Gasteiger partial charge in [-0.3, -0.25) is 0 Å². The predicted molar refractivity (Wildman–Crippen MR) is 62.6 cm³/mol. The Morgan fingerprint density at radius 2 is 1.75 bits per heavy atom. The highest BCUT2D eigenvalue weighted by molar-refractivity contribution is 5.28. The summed E-state index contributed by atoms with van der Waals surface area (Å²) >= 11 is 0. The third kappa shape index (κ3) is 2.09. The second-order valence-corrected chi connectivity index (χ2v) is 4.66. The molecular weight excluding hydrogens is 201 g/mol. The molecule has 0 heterocycles. The molecule has 0 saturated heterocycles. The summed E-state index contributed by atoms with van der Waals surface area (Å²) in [4.78, 5) is 3.59. The lowest BCUT2D eigenvalue weighted by molar-refractivity contribution is 0.313. The average molecular weight is 217 g/mol. The molecule has 1 fully saturated rings. The molecule has 0 aliphatic heterocycles. The fourth-order valence-corrected chi connectivity index (χ4v) is 2.72. The fourth-order valence-electron chi connectivity index (χ4n) is 2.72. The van der Waals surface area contributed by atoms with Gasteiger partial charge in [0.1, 0.15) is 5.82 Å². The number of benzene rings is 1. The van der Waals surface area contributed by atoms with Crippen molar-refractivity contribution in [3.63, 3.8) is 0 Å². The summed E-state index contributed by atoms with van der Waals surface area (Å²) in [5, 5.41) is 0. The maximum absolute atomic E-state index is 12.9. The van der Waals surface area contributed by atoms with Gasteiger partial charge in [0, 0.05) is 0 Å². The smallest absolute Gasteiger partial charge is 0.224 e. The number of halogens is 1. The molecule has 0 radical (unpaired) electrons. The molecular formula is C14H16FN. The van der Waals surface area contributed by atoms with Crippen LogP contribution in [0.2, 0.25) is 0 Å². The minimum absolute atomic E-state index is 0.00625. The standard InChI is InChI=1S/C14H16FN/c1-16-11-14(9-3-2-4-10-14)12-5-7-13(15)8-6-12/h5-8H,2-4,9-11H2. The van der Waals surface area contributed by atoms with Crippen LogP contribution >= 0.6 is 0 Å². The van der Waals surface area contributed by atoms with Crippen LogP contribution in [-0.4, -0.2) is 6.54 Å². The van der Waals surface area contributed by atoms with Crippen molar-refractivity contribution in [2.45, 2.75) is 37.5 Å². The van der Waals surface area contributed by atoms with Crippen LogP contribution in [0.4, 0.5) is 4.39 Å². The van der Waals surface area contributed by atoms with Crippen LogP contribution in [-0.2, 0) is 5.41 Å². The molecule has 0 spiro atoms. The highest BCUT2D eigenvalue weighted by Crippen LogP contribution is 2.39. The van der Waals surface area contributed by atoms with E-state index < -0.39 is 0 Å². The first kappa shape index (κ1) is 11.1. The number of hydrogen-bond donors (Lipinski definition) is 0. The number of nitrogens with zero attached hydrogens (tertiary/aromatic N) is 1. The largest absolute Gasteiger partial charge is 0.316 e. The van der Waals surface area contributed by atoms with E-state index in [0.29, 0.717) is 6.54 Å². The Balaban J connectivity index is 2.31. The van der Waals surface area contributed by atoms with E-state index in [-0.39, 0.29) is 11.2 Å². The van der Waals surface area contributed by atoms with Gasteiger partial charge in [-0.15, -0.1) is 0 Å². The minimum Gasteiger partial charge on any atom is -0.316 e. The topological polar surface area (TPSA) is 4.36 Å². The van der Waals surface area contributed by atoms with Crippen LogP contribution in [0.5, 0.6) is 0 Å². The summed E-state index contributed by atoms with van der Waals surface area (Å²) in [6.45, 7) is 7.65. The zero-order valence-electron chi connectivity index (χ0n) is 9.38. The van der Waals surface area contributed by atoms with Gasteiger partial charge >= 0.3 is 0 Å². The van der Waals surface area contributed by atoms with E-state index in [4.69, 9.17) is 6.57 Å². The molecule has 0 atom stereocenters. The molecule has 0 unspecified atom stereocenters. The summed E-state index contributed by atoms with van der Waals surface area (Å²) in [6.07, 6.45) is 5.78. The Morgan fingerprint density at radius 3 is 2.31 bits per heavy atom. The van der Waals surface area contributed by atoms with Crippen molar-refractivity contribution in [1.29, 1.82) is 0 Å². The normalized spacial score (nSPS) is 19.0. The van der Waals surface area contributed by atoms with Gasteiger partial charge in [0.15, 0.2) is 0 Å². The molecule has 0 amide bonds. The van der Waals surface area contributed by atoms with Crippen molar-refractivity contribution < 1.29 is 4.39 Å². The summed E-state index contributed by atoms with van der Waals surface area (Å²) in [7, 11) is 0. The molecule has 0 aromatic heterocycles. The lowest BCUT2D eigenvalue weighted by Crippen LogP contribution is -2.31. The second-order valence-electron chi connectivity index (χ2n) is 4.66. The van der Waals surface area contributed by atoms with E-state index in [2.05, 4.69) is 4.85 Å². The van der Waals surface area contributed by atoms with Gasteiger partial charge in [0.05, 0.1) is 5.41 Å². The van der Waals surface area contributed by atoms with E-state index in [1.165, 1.54) is 31.4 Å². The van der Waals surface area contributed by atoms with Gasteiger partial charge in [-0.05, 0) is 30.5 Å². The predicted octanol–water partition coefficient (Wildman–Crippen LogP) is 3.95. The van der Waals surface area contributed by atoms with E-state index in [1.54, 1.807) is 0 Å². The monoisotopic (exact) mass is 217 g/mol. The van der Waals surface area contributed by atoms with Crippen LogP contribution in [0.3, 0.4) is 0 Å². The number of hydrogen-bond acceptors (Lipinski definition) is 0. The van der Waals surface area contributed by atoms with Crippen molar-refractivity contribution in [3.8, 4) is 0 Å². The lowest BCUT2D eigenvalue weighted by atomic mass is 9.69. The Bertz CT molecular complexity index is 382. The van der Waals surface area contributed by atoms with E-state index in [0.717, 1.165) is 18.4 Å². The quantitative estimate of drug-likeness (QED) is 0.661. The first-order chi connectivity index (χ1) is 7.77. The molecule has 1 aliphatic rings. The molecule has 0 bridgehead atoms. The van der Waals surface area contributed by atoms with Gasteiger partial charge in [0.25, 0.3) is 0 Å². The van der Waals surface area contributed by atoms with E-state index >= 15 is 0 Å². The maximum atomic E-state index is 12.9. The van der Waals surface area contributed by atoms with Crippen molar-refractivity contribution >= 4 is 0 Å². The molecule has 0 N–H and O–H groups in total. The highest BCUT2D eigenvalue weighted by Gasteiger charge is 2.36. The first-order valence-electron chi connectivity index (χ1n) is 5.86. The molecule has 84 valence electrons. The average Bonchev–Trinajstić information content (AvgIpc) is 2.31. The Morgan fingerprint density at radius 1 is 1.12 bits per heavy atom. The highest BCUT2D eigenvalue weighted by atomic mass is 19.1. The van der Waals surface area contributed by atoms with Crippen molar-refractivity contribution in [2.75, 3.05) is 6.54 Å². The van der Waals surface area contributed by atoms with Gasteiger partial charge in [-0.2, -0.15) is 0 Å². The first-order valence-corrected chi connectivity index (χ1v) is 5.86. The van der Waals surface area contributed by atoms with E-state index in [1.807, 2.05) is 12.1 Å². The molecule has 1 nitrogen and oxygen atoms in total. The van der Waals surface area contributed by atoms with Crippen LogP contribution in [0, 0.1) is 12.4 Å². The zero-order chi connectivity index (χ0) is 11.4. The molecule has 1 saturated carbocycles. The Labute approximate surface area is 96.1 Å². The molecule has 2 heteroatoms. The van der Waals surface area contributed by atoms with Crippen LogP contribution in [0.15, 0.2) is 24.3 Å². The van der Waals surface area contributed by atoms with Crippen LogP contribution in [0.25, 0.3) is 4.85 Å². The van der Waals surface area contributed by atoms with Gasteiger partial charge in [-0.1, -0.05) is 31.4 Å². The SMILES string of the molecule is [C-]#[N+]CC1(c2ccc(F)cc2)CCCCC1. The summed E-state index contributed by atoms with van der Waals surface area (Å²) in [6, 6.07) is 6.73. The van der Waals surface area contributed by atoms with Gasteiger partial charge in [-0.25, -0.2) is 11.0 Å². The van der Waals surface area contributed by atoms with Gasteiger partial charge < -0.3 is 4.85 Å². The Hall–Kier alpha value is -1.36. The van der Waals surface area contributed by atoms with Gasteiger partial charge in [0.2, 0.25) is 6.54 Å². The Kier molecular flexibility index (Phi) is 3.24. The summed E-state index contributed by atoms with van der Waals surface area (Å²) in [5.41, 5.74) is 1.14. The summed E-state index contributed by atoms with van der Waals surface area (Å²) in [5.74, 6) is -0.197. The molecule has 1 aliphatic carbocycles. The molecule has 16 heavy (non-hydrogen) atoms. The molecule has 1 aromatic rings. The van der Waals surface area contributed by atoms with Crippen molar-refractivity contribution in [1.82, 2.24) is 0 Å². The second kappa shape index (κ2) is 4.65. The van der Waals surface area contributed by atoms with E-state index in [9.17, 15) is 4.39 Å². The third-order valence-electron chi connectivity index (χ3n) is 3.65. The maximum Gasteiger partial charge on any atom is 0.224 e. The lowest BCUT2D eigenvalue weighted by Gasteiger charge is -2.33. The minimum atomic E-state index is -0.197. The third-order valence-corrected chi connectivity index (χ3v) is 3.65. The summed E-state index contributed by atoms with van der Waals surface area (Å²) < 4.78 is 12.9. The van der Waals surface area contributed by atoms with Crippen molar-refractivity contribution in [3.05, 3.63) is 47.1 Å². The number of rotatable bonds is 2. The van der Waals surface area contributed by atoms with Crippen molar-refractivity contribution in [2.24, 2.45) is 0 Å². The van der Waals surface area contributed by atoms with Crippen LogP contribution < -0.4 is 0 Å². The van der Waals surface area contributed by atoms with Crippen LogP contribution in [0.1, 0.15) is 37.7 Å². The fraction of sp³-hybridized carbons (Fsp3) is 0.500. The molecule has 1 aromatic carbocycles. The molecule has 2 rings (SSSR count).